The van der Waals surface area contributed by atoms with E-state index in [-0.39, 0.29) is 17.6 Å². The summed E-state index contributed by atoms with van der Waals surface area (Å²) >= 11 is 0. The molecular formula is C18H20F2N6. The van der Waals surface area contributed by atoms with Crippen molar-refractivity contribution in [3.8, 4) is 5.69 Å². The van der Waals surface area contributed by atoms with Crippen molar-refractivity contribution in [2.75, 3.05) is 13.1 Å². The van der Waals surface area contributed by atoms with Crippen LogP contribution in [-0.4, -0.2) is 43.4 Å². The number of aromatic nitrogens is 4. The number of benzene rings is 1. The quantitative estimate of drug-likeness (QED) is 0.773. The van der Waals surface area contributed by atoms with Crippen molar-refractivity contribution in [3.05, 3.63) is 66.0 Å². The maximum absolute atomic E-state index is 13.9. The summed E-state index contributed by atoms with van der Waals surface area (Å²) in [6.07, 6.45) is 5.34. The van der Waals surface area contributed by atoms with Gasteiger partial charge in [-0.3, -0.25) is 4.90 Å². The fourth-order valence-corrected chi connectivity index (χ4v) is 3.49. The molecule has 0 spiro atoms. The van der Waals surface area contributed by atoms with Gasteiger partial charge in [-0.05, 0) is 18.2 Å². The molecule has 0 saturated carbocycles. The summed E-state index contributed by atoms with van der Waals surface area (Å²) in [5.41, 5.74) is 7.85. The minimum Gasteiger partial charge on any atom is -0.340 e. The van der Waals surface area contributed by atoms with Gasteiger partial charge in [-0.2, -0.15) is 5.10 Å². The third-order valence-electron chi connectivity index (χ3n) is 4.74. The molecule has 1 aliphatic rings. The first kappa shape index (κ1) is 16.9. The minimum atomic E-state index is -0.641. The van der Waals surface area contributed by atoms with E-state index in [4.69, 9.17) is 5.73 Å². The molecule has 136 valence electrons. The Kier molecular flexibility index (Phi) is 4.29. The summed E-state index contributed by atoms with van der Waals surface area (Å²) in [7, 11) is 1.93. The standard InChI is InChI=1S/C18H20F2N6/c1-24-10-17(22-11-24)13-8-25(9-16(13)21)7-12-5-6-26(23-12)18-14(19)3-2-4-15(18)20/h2-6,10-11,13,16H,7-9,21H2,1H3/t13-,16-/m1/s1. The van der Waals surface area contributed by atoms with Gasteiger partial charge < -0.3 is 10.3 Å². The highest BCUT2D eigenvalue weighted by atomic mass is 19.1. The van der Waals surface area contributed by atoms with E-state index in [2.05, 4.69) is 15.0 Å². The van der Waals surface area contributed by atoms with E-state index >= 15 is 0 Å². The predicted octanol–water partition coefficient (Wildman–Crippen LogP) is 1.81. The molecule has 26 heavy (non-hydrogen) atoms. The average molecular weight is 358 g/mol. The summed E-state index contributed by atoms with van der Waals surface area (Å²) < 4.78 is 31.0. The fraction of sp³-hybridized carbons (Fsp3) is 0.333. The zero-order valence-electron chi connectivity index (χ0n) is 14.4. The molecule has 1 saturated heterocycles. The maximum Gasteiger partial charge on any atom is 0.151 e. The topological polar surface area (TPSA) is 64.9 Å². The number of hydrogen-bond donors (Lipinski definition) is 1. The molecule has 3 aromatic rings. The molecule has 0 unspecified atom stereocenters. The Morgan fingerprint density at radius 3 is 2.65 bits per heavy atom. The van der Waals surface area contributed by atoms with E-state index in [0.717, 1.165) is 24.5 Å². The molecule has 1 aliphatic heterocycles. The van der Waals surface area contributed by atoms with Crippen molar-refractivity contribution in [2.45, 2.75) is 18.5 Å². The first-order valence-corrected chi connectivity index (χ1v) is 8.46. The second kappa shape index (κ2) is 6.62. The van der Waals surface area contributed by atoms with Gasteiger partial charge in [-0.1, -0.05) is 6.07 Å². The van der Waals surface area contributed by atoms with Crippen LogP contribution in [0.3, 0.4) is 0 Å². The smallest absolute Gasteiger partial charge is 0.151 e. The van der Waals surface area contributed by atoms with E-state index < -0.39 is 11.6 Å². The van der Waals surface area contributed by atoms with Crippen LogP contribution in [-0.2, 0) is 13.6 Å². The van der Waals surface area contributed by atoms with Crippen LogP contribution < -0.4 is 5.73 Å². The summed E-state index contributed by atoms with van der Waals surface area (Å²) in [4.78, 5) is 6.59. The number of hydrogen-bond acceptors (Lipinski definition) is 4. The predicted molar refractivity (Wildman–Crippen MR) is 92.7 cm³/mol. The molecule has 2 atom stereocenters. The summed E-state index contributed by atoms with van der Waals surface area (Å²) in [6.45, 7) is 2.07. The van der Waals surface area contributed by atoms with E-state index in [1.165, 1.54) is 22.9 Å². The second-order valence-electron chi connectivity index (χ2n) is 6.75. The van der Waals surface area contributed by atoms with Gasteiger partial charge in [0, 0.05) is 51.0 Å². The fourth-order valence-electron chi connectivity index (χ4n) is 3.49. The number of halogens is 2. The molecule has 2 aromatic heterocycles. The Morgan fingerprint density at radius 1 is 1.19 bits per heavy atom. The molecule has 0 amide bonds. The van der Waals surface area contributed by atoms with Crippen LogP contribution in [0, 0.1) is 11.6 Å². The number of nitrogens with two attached hydrogens (primary N) is 1. The Labute approximate surface area is 149 Å². The van der Waals surface area contributed by atoms with Gasteiger partial charge in [0.15, 0.2) is 11.6 Å². The number of nitrogens with zero attached hydrogens (tertiary/aromatic N) is 5. The van der Waals surface area contributed by atoms with Crippen LogP contribution in [0.15, 0.2) is 43.0 Å². The molecule has 0 aliphatic carbocycles. The number of likely N-dealkylation sites (tertiary alicyclic amines) is 1. The van der Waals surface area contributed by atoms with Crippen molar-refractivity contribution in [1.29, 1.82) is 0 Å². The molecule has 8 heteroatoms. The Hall–Kier alpha value is -2.58. The van der Waals surface area contributed by atoms with Crippen LogP contribution in [0.1, 0.15) is 17.3 Å². The lowest BCUT2D eigenvalue weighted by molar-refractivity contribution is 0.318. The van der Waals surface area contributed by atoms with Crippen molar-refractivity contribution in [1.82, 2.24) is 24.2 Å². The van der Waals surface area contributed by atoms with Crippen molar-refractivity contribution in [3.63, 3.8) is 0 Å². The van der Waals surface area contributed by atoms with Gasteiger partial charge in [-0.15, -0.1) is 0 Å². The highest BCUT2D eigenvalue weighted by Gasteiger charge is 2.33. The third-order valence-corrected chi connectivity index (χ3v) is 4.74. The van der Waals surface area contributed by atoms with Gasteiger partial charge in [0.25, 0.3) is 0 Å². The van der Waals surface area contributed by atoms with Crippen LogP contribution in [0.2, 0.25) is 0 Å². The molecule has 0 bridgehead atoms. The van der Waals surface area contributed by atoms with E-state index in [1.54, 1.807) is 18.6 Å². The number of para-hydroxylation sites is 1. The number of rotatable bonds is 4. The zero-order valence-corrected chi connectivity index (χ0v) is 14.4. The second-order valence-corrected chi connectivity index (χ2v) is 6.75. The number of aryl methyl sites for hydroxylation is 1. The summed E-state index contributed by atoms with van der Waals surface area (Å²) in [5, 5.41) is 4.33. The highest BCUT2D eigenvalue weighted by Crippen LogP contribution is 2.26. The van der Waals surface area contributed by atoms with E-state index in [9.17, 15) is 8.78 Å². The molecule has 1 fully saturated rings. The van der Waals surface area contributed by atoms with Crippen LogP contribution >= 0.6 is 0 Å². The SMILES string of the molecule is Cn1cnc([C@@H]2CN(Cc3ccn(-c4c(F)cccc4F)n3)C[C@H]2N)c1. The van der Waals surface area contributed by atoms with Crippen molar-refractivity contribution in [2.24, 2.45) is 12.8 Å². The molecular weight excluding hydrogens is 338 g/mol. The summed E-state index contributed by atoms with van der Waals surface area (Å²) in [6, 6.07) is 5.54. The maximum atomic E-state index is 13.9. The lowest BCUT2D eigenvalue weighted by Crippen LogP contribution is -2.28. The minimum absolute atomic E-state index is 0.00371. The molecule has 1 aromatic carbocycles. The van der Waals surface area contributed by atoms with Gasteiger partial charge in [0.1, 0.15) is 5.69 Å². The lowest BCUT2D eigenvalue weighted by atomic mass is 10.0. The van der Waals surface area contributed by atoms with E-state index in [1.807, 2.05) is 17.8 Å². The zero-order chi connectivity index (χ0) is 18.3. The third kappa shape index (κ3) is 3.13. The molecule has 6 nitrogen and oxygen atoms in total. The van der Waals surface area contributed by atoms with Crippen molar-refractivity contribution >= 4 is 0 Å². The molecule has 2 N–H and O–H groups in total. The first-order chi connectivity index (χ1) is 12.5. The number of imidazole rings is 1. The van der Waals surface area contributed by atoms with Gasteiger partial charge in [0.2, 0.25) is 0 Å². The molecule has 3 heterocycles. The Balaban J connectivity index is 1.48. The van der Waals surface area contributed by atoms with Gasteiger partial charge in [0.05, 0.1) is 17.7 Å². The lowest BCUT2D eigenvalue weighted by Gasteiger charge is -2.13. The monoisotopic (exact) mass is 358 g/mol. The highest BCUT2D eigenvalue weighted by molar-refractivity contribution is 5.34. The van der Waals surface area contributed by atoms with Crippen LogP contribution in [0.25, 0.3) is 5.69 Å². The Bertz CT molecular complexity index is 898. The van der Waals surface area contributed by atoms with Crippen LogP contribution in [0.5, 0.6) is 0 Å². The largest absolute Gasteiger partial charge is 0.340 e. The Morgan fingerprint density at radius 2 is 1.96 bits per heavy atom. The normalized spacial score (nSPS) is 20.8. The van der Waals surface area contributed by atoms with Gasteiger partial charge >= 0.3 is 0 Å². The molecule has 0 radical (unpaired) electrons. The van der Waals surface area contributed by atoms with Crippen LogP contribution in [0.4, 0.5) is 8.78 Å². The first-order valence-electron chi connectivity index (χ1n) is 8.46. The average Bonchev–Trinajstić information content (AvgIpc) is 3.29. The van der Waals surface area contributed by atoms with Gasteiger partial charge in [-0.25, -0.2) is 18.4 Å². The van der Waals surface area contributed by atoms with E-state index in [0.29, 0.717) is 6.54 Å². The molecule has 4 rings (SSSR count). The van der Waals surface area contributed by atoms with Crippen molar-refractivity contribution < 1.29 is 8.78 Å². The summed E-state index contributed by atoms with van der Waals surface area (Å²) in [5.74, 6) is -1.11.